The summed E-state index contributed by atoms with van der Waals surface area (Å²) >= 11 is 1.52. The predicted octanol–water partition coefficient (Wildman–Crippen LogP) is -0.259. The van der Waals surface area contributed by atoms with E-state index in [0.29, 0.717) is 12.2 Å². The van der Waals surface area contributed by atoms with Gasteiger partial charge < -0.3 is 10.4 Å². The van der Waals surface area contributed by atoms with Gasteiger partial charge in [0.05, 0.1) is 0 Å². The third-order valence-corrected chi connectivity index (χ3v) is 2.49. The molecule has 1 amide bonds. The quantitative estimate of drug-likeness (QED) is 0.636. The molecule has 0 aliphatic heterocycles. The molecule has 1 unspecified atom stereocenters. The van der Waals surface area contributed by atoms with Crippen LogP contribution in [0.15, 0.2) is 6.33 Å². The van der Waals surface area contributed by atoms with Gasteiger partial charge in [-0.3, -0.25) is 9.89 Å². The summed E-state index contributed by atoms with van der Waals surface area (Å²) < 4.78 is 0. The lowest BCUT2D eigenvalue weighted by atomic mass is 10.2. The SMILES string of the molecule is CSCCC(NC(=O)c1ncn[nH]1)C(=O)O. The molecule has 1 aromatic rings. The van der Waals surface area contributed by atoms with E-state index in [0.717, 1.165) is 0 Å². The van der Waals surface area contributed by atoms with E-state index in [4.69, 9.17) is 5.11 Å². The average Bonchev–Trinajstić information content (AvgIpc) is 2.76. The first-order valence-corrected chi connectivity index (χ1v) is 5.92. The van der Waals surface area contributed by atoms with Crippen LogP contribution < -0.4 is 5.32 Å². The van der Waals surface area contributed by atoms with Crippen LogP contribution in [0.5, 0.6) is 0 Å². The van der Waals surface area contributed by atoms with Gasteiger partial charge in [0.1, 0.15) is 12.4 Å². The first-order chi connectivity index (χ1) is 7.65. The minimum Gasteiger partial charge on any atom is -0.480 e. The van der Waals surface area contributed by atoms with E-state index in [1.165, 1.54) is 18.1 Å². The average molecular weight is 244 g/mol. The highest BCUT2D eigenvalue weighted by atomic mass is 32.2. The summed E-state index contributed by atoms with van der Waals surface area (Å²) in [5, 5.41) is 17.1. The molecule has 16 heavy (non-hydrogen) atoms. The van der Waals surface area contributed by atoms with Crippen molar-refractivity contribution in [3.63, 3.8) is 0 Å². The van der Waals surface area contributed by atoms with Gasteiger partial charge in [-0.2, -0.15) is 16.9 Å². The molecule has 0 saturated carbocycles. The molecule has 0 radical (unpaired) electrons. The lowest BCUT2D eigenvalue weighted by Gasteiger charge is -2.12. The van der Waals surface area contributed by atoms with E-state index in [1.807, 2.05) is 6.26 Å². The molecule has 1 heterocycles. The van der Waals surface area contributed by atoms with Crippen LogP contribution in [0.1, 0.15) is 17.0 Å². The molecule has 0 saturated heterocycles. The van der Waals surface area contributed by atoms with Crippen molar-refractivity contribution in [2.24, 2.45) is 0 Å². The zero-order chi connectivity index (χ0) is 12.0. The number of hydrogen-bond acceptors (Lipinski definition) is 5. The Hall–Kier alpha value is -1.57. The van der Waals surface area contributed by atoms with Crippen LogP contribution in [0.3, 0.4) is 0 Å². The van der Waals surface area contributed by atoms with Gasteiger partial charge in [-0.05, 0) is 18.4 Å². The number of aliphatic carboxylic acids is 1. The van der Waals surface area contributed by atoms with Gasteiger partial charge in [0.25, 0.3) is 5.91 Å². The summed E-state index contributed by atoms with van der Waals surface area (Å²) in [6.07, 6.45) is 3.43. The lowest BCUT2D eigenvalue weighted by molar-refractivity contribution is -0.139. The normalized spacial score (nSPS) is 12.1. The lowest BCUT2D eigenvalue weighted by Crippen LogP contribution is -2.41. The van der Waals surface area contributed by atoms with Gasteiger partial charge in [-0.25, -0.2) is 9.78 Å². The van der Waals surface area contributed by atoms with Crippen molar-refractivity contribution >= 4 is 23.6 Å². The van der Waals surface area contributed by atoms with Gasteiger partial charge in [-0.15, -0.1) is 0 Å². The maximum atomic E-state index is 11.5. The summed E-state index contributed by atoms with van der Waals surface area (Å²) in [6, 6.07) is -0.898. The first kappa shape index (κ1) is 12.5. The fourth-order valence-corrected chi connectivity index (χ4v) is 1.51. The first-order valence-electron chi connectivity index (χ1n) is 4.53. The second-order valence-electron chi connectivity index (χ2n) is 2.98. The minimum atomic E-state index is -1.05. The van der Waals surface area contributed by atoms with Gasteiger partial charge in [0, 0.05) is 0 Å². The Balaban J connectivity index is 2.54. The number of carboxylic acid groups (broad SMARTS) is 1. The number of H-pyrrole nitrogens is 1. The van der Waals surface area contributed by atoms with Gasteiger partial charge in [0.2, 0.25) is 5.82 Å². The number of nitrogens with zero attached hydrogens (tertiary/aromatic N) is 2. The van der Waals surface area contributed by atoms with Gasteiger partial charge >= 0.3 is 5.97 Å². The zero-order valence-corrected chi connectivity index (χ0v) is 9.45. The minimum absolute atomic E-state index is 0.00963. The Kier molecular flexibility index (Phi) is 4.77. The van der Waals surface area contributed by atoms with Gasteiger partial charge in [-0.1, -0.05) is 0 Å². The van der Waals surface area contributed by atoms with Crippen molar-refractivity contribution in [1.82, 2.24) is 20.5 Å². The molecular weight excluding hydrogens is 232 g/mol. The number of amides is 1. The van der Waals surface area contributed by atoms with Crippen LogP contribution in [0.4, 0.5) is 0 Å². The molecule has 0 spiro atoms. The number of rotatable bonds is 6. The summed E-state index contributed by atoms with van der Waals surface area (Å²) in [5.74, 6) is -0.948. The molecule has 1 rings (SSSR count). The Bertz CT molecular complexity index is 354. The van der Waals surface area contributed by atoms with Crippen molar-refractivity contribution in [2.75, 3.05) is 12.0 Å². The second kappa shape index (κ2) is 6.11. The Morgan fingerprint density at radius 1 is 1.69 bits per heavy atom. The smallest absolute Gasteiger partial charge is 0.326 e. The number of carboxylic acids is 1. The standard InChI is InChI=1S/C8H12N4O3S/c1-16-3-2-5(8(14)15)11-7(13)6-9-4-10-12-6/h4-5H,2-3H2,1H3,(H,11,13)(H,14,15)(H,9,10,12). The maximum absolute atomic E-state index is 11.5. The molecule has 88 valence electrons. The van der Waals surface area contributed by atoms with Gasteiger partial charge in [0.15, 0.2) is 0 Å². The number of hydrogen-bond donors (Lipinski definition) is 3. The molecule has 0 aromatic carbocycles. The number of nitrogens with one attached hydrogen (secondary N) is 2. The highest BCUT2D eigenvalue weighted by molar-refractivity contribution is 7.98. The second-order valence-corrected chi connectivity index (χ2v) is 3.97. The molecule has 1 aromatic heterocycles. The van der Waals surface area contributed by atoms with E-state index in [1.54, 1.807) is 0 Å². The zero-order valence-electron chi connectivity index (χ0n) is 8.64. The number of carbonyl (C=O) groups excluding carboxylic acids is 1. The van der Waals surface area contributed by atoms with E-state index >= 15 is 0 Å². The van der Waals surface area contributed by atoms with Crippen molar-refractivity contribution in [2.45, 2.75) is 12.5 Å². The van der Waals surface area contributed by atoms with Crippen molar-refractivity contribution < 1.29 is 14.7 Å². The van der Waals surface area contributed by atoms with Crippen LogP contribution in [0.2, 0.25) is 0 Å². The summed E-state index contributed by atoms with van der Waals surface area (Å²) in [4.78, 5) is 25.9. The summed E-state index contributed by atoms with van der Waals surface area (Å²) in [6.45, 7) is 0. The highest BCUT2D eigenvalue weighted by Gasteiger charge is 2.21. The highest BCUT2D eigenvalue weighted by Crippen LogP contribution is 2.01. The van der Waals surface area contributed by atoms with Crippen molar-refractivity contribution in [3.05, 3.63) is 12.2 Å². The molecule has 0 bridgehead atoms. The summed E-state index contributed by atoms with van der Waals surface area (Å²) in [7, 11) is 0. The van der Waals surface area contributed by atoms with Crippen LogP contribution in [-0.4, -0.2) is 50.2 Å². The topological polar surface area (TPSA) is 108 Å². The Morgan fingerprint density at radius 3 is 2.94 bits per heavy atom. The molecular formula is C8H12N4O3S. The molecule has 7 nitrogen and oxygen atoms in total. The molecule has 0 aliphatic rings. The molecule has 0 aliphatic carbocycles. The van der Waals surface area contributed by atoms with Crippen molar-refractivity contribution in [3.8, 4) is 0 Å². The number of aromatic nitrogens is 3. The number of carbonyl (C=O) groups is 2. The van der Waals surface area contributed by atoms with Crippen LogP contribution in [-0.2, 0) is 4.79 Å². The van der Waals surface area contributed by atoms with Crippen molar-refractivity contribution in [1.29, 1.82) is 0 Å². The Morgan fingerprint density at radius 2 is 2.44 bits per heavy atom. The van der Waals surface area contributed by atoms with Crippen LogP contribution in [0.25, 0.3) is 0 Å². The summed E-state index contributed by atoms with van der Waals surface area (Å²) in [5.41, 5.74) is 0. The molecule has 0 fully saturated rings. The molecule has 3 N–H and O–H groups in total. The number of thioether (sulfide) groups is 1. The monoisotopic (exact) mass is 244 g/mol. The Labute approximate surface area is 96.0 Å². The maximum Gasteiger partial charge on any atom is 0.326 e. The van der Waals surface area contributed by atoms with E-state index in [2.05, 4.69) is 20.5 Å². The fourth-order valence-electron chi connectivity index (χ4n) is 1.03. The largest absolute Gasteiger partial charge is 0.480 e. The van der Waals surface area contributed by atoms with E-state index in [9.17, 15) is 9.59 Å². The van der Waals surface area contributed by atoms with E-state index in [-0.39, 0.29) is 5.82 Å². The van der Waals surface area contributed by atoms with Crippen LogP contribution >= 0.6 is 11.8 Å². The fraction of sp³-hybridized carbons (Fsp3) is 0.500. The molecule has 1 atom stereocenters. The number of aromatic amines is 1. The predicted molar refractivity (Wildman–Crippen MR) is 58.3 cm³/mol. The third-order valence-electron chi connectivity index (χ3n) is 1.84. The molecule has 8 heteroatoms. The van der Waals surface area contributed by atoms with E-state index < -0.39 is 17.9 Å². The third kappa shape index (κ3) is 3.54. The van der Waals surface area contributed by atoms with Crippen LogP contribution in [0, 0.1) is 0 Å².